The summed E-state index contributed by atoms with van der Waals surface area (Å²) in [6.45, 7) is 3.38. The first kappa shape index (κ1) is 18.2. The Kier molecular flexibility index (Phi) is 5.13. The van der Waals surface area contributed by atoms with Crippen LogP contribution in [0.5, 0.6) is 0 Å². The molecule has 0 N–H and O–H groups in total. The molecule has 138 valence electrons. The van der Waals surface area contributed by atoms with Crippen molar-refractivity contribution in [1.29, 1.82) is 0 Å². The molecule has 0 spiro atoms. The molecule has 1 fully saturated rings. The summed E-state index contributed by atoms with van der Waals surface area (Å²) in [5.74, 6) is -0.448. The fraction of sp³-hybridized carbons (Fsp3) is 0.412. The number of halogens is 1. The average molecular weight is 379 g/mol. The van der Waals surface area contributed by atoms with Gasteiger partial charge in [0, 0.05) is 38.2 Å². The van der Waals surface area contributed by atoms with E-state index in [2.05, 4.69) is 5.10 Å². The zero-order valence-corrected chi connectivity index (χ0v) is 15.3. The fourth-order valence-electron chi connectivity index (χ4n) is 2.95. The number of hydrogen-bond donors (Lipinski definition) is 0. The van der Waals surface area contributed by atoms with Gasteiger partial charge >= 0.3 is 6.09 Å². The molecule has 1 aromatic heterocycles. The molecular formula is C17H19ClN4O4. The molecule has 2 heterocycles. The number of hydrogen-bond acceptors (Lipinski definition) is 5. The number of ether oxygens (including phenoxy) is 1. The molecule has 0 bridgehead atoms. The smallest absolute Gasteiger partial charge is 0.409 e. The fourth-order valence-corrected chi connectivity index (χ4v) is 3.12. The van der Waals surface area contributed by atoms with E-state index in [9.17, 15) is 14.4 Å². The average Bonchev–Trinajstić information content (AvgIpc) is 2.64. The van der Waals surface area contributed by atoms with Crippen LogP contribution in [0.15, 0.2) is 23.0 Å². The van der Waals surface area contributed by atoms with Crippen molar-refractivity contribution in [1.82, 2.24) is 19.6 Å². The van der Waals surface area contributed by atoms with Gasteiger partial charge in [-0.3, -0.25) is 14.3 Å². The Morgan fingerprint density at radius 2 is 1.85 bits per heavy atom. The summed E-state index contributed by atoms with van der Waals surface area (Å²) in [5.41, 5.74) is 0.00774. The minimum atomic E-state index is -0.448. The van der Waals surface area contributed by atoms with Crippen LogP contribution in [0.2, 0.25) is 5.02 Å². The van der Waals surface area contributed by atoms with Gasteiger partial charge in [-0.25, -0.2) is 4.79 Å². The molecule has 8 nitrogen and oxygen atoms in total. The van der Waals surface area contributed by atoms with Crippen molar-refractivity contribution < 1.29 is 14.3 Å². The lowest BCUT2D eigenvalue weighted by Gasteiger charge is -2.33. The van der Waals surface area contributed by atoms with Crippen molar-refractivity contribution in [3.63, 3.8) is 0 Å². The van der Waals surface area contributed by atoms with E-state index < -0.39 is 17.4 Å². The first-order valence-corrected chi connectivity index (χ1v) is 8.67. The Balaban J connectivity index is 1.84. The monoisotopic (exact) mass is 378 g/mol. The van der Waals surface area contributed by atoms with Crippen molar-refractivity contribution in [3.05, 3.63) is 39.1 Å². The molecular weight excluding hydrogens is 360 g/mol. The summed E-state index contributed by atoms with van der Waals surface area (Å²) in [7, 11) is 1.67. The van der Waals surface area contributed by atoms with Gasteiger partial charge in [0.25, 0.3) is 5.91 Å². The summed E-state index contributed by atoms with van der Waals surface area (Å²) in [5, 5.41) is 4.92. The molecule has 2 aromatic rings. The Hall–Kier alpha value is -2.61. The maximum absolute atomic E-state index is 12.8. The highest BCUT2D eigenvalue weighted by atomic mass is 35.5. The second-order valence-electron chi connectivity index (χ2n) is 5.94. The largest absolute Gasteiger partial charge is 0.450 e. The summed E-state index contributed by atoms with van der Waals surface area (Å²) in [6, 6.07) is 4.90. The van der Waals surface area contributed by atoms with Crippen molar-refractivity contribution in [2.75, 3.05) is 32.8 Å². The zero-order chi connectivity index (χ0) is 18.8. The number of piperazine rings is 1. The molecule has 0 atom stereocenters. The van der Waals surface area contributed by atoms with Gasteiger partial charge in [0.15, 0.2) is 5.69 Å². The molecule has 0 radical (unpaired) electrons. The highest BCUT2D eigenvalue weighted by Crippen LogP contribution is 2.16. The SMILES string of the molecule is CCOC(=O)N1CCN(C(=O)c2nn(C)c3ccc(Cl)cc3c2=O)CC1. The number of nitrogens with zero attached hydrogens (tertiary/aromatic N) is 4. The van der Waals surface area contributed by atoms with Gasteiger partial charge in [0.05, 0.1) is 17.5 Å². The zero-order valence-electron chi connectivity index (χ0n) is 14.6. The quantitative estimate of drug-likeness (QED) is 0.790. The van der Waals surface area contributed by atoms with Crippen LogP contribution >= 0.6 is 11.6 Å². The standard InChI is InChI=1S/C17H19ClN4O4/c1-3-26-17(25)22-8-6-21(7-9-22)16(24)14-15(23)12-10-11(18)4-5-13(12)20(2)19-14/h4-5,10H,3,6-9H2,1-2H3. The number of carbonyl (C=O) groups excluding carboxylic acids is 2. The molecule has 26 heavy (non-hydrogen) atoms. The third-order valence-electron chi connectivity index (χ3n) is 4.31. The van der Waals surface area contributed by atoms with Gasteiger partial charge in [-0.15, -0.1) is 0 Å². The van der Waals surface area contributed by atoms with E-state index in [0.29, 0.717) is 48.7 Å². The second kappa shape index (κ2) is 7.33. The number of amides is 2. The van der Waals surface area contributed by atoms with Crippen LogP contribution in [0.4, 0.5) is 4.79 Å². The Morgan fingerprint density at radius 3 is 2.50 bits per heavy atom. The normalized spacial score (nSPS) is 14.6. The number of rotatable bonds is 2. The maximum atomic E-state index is 12.8. The second-order valence-corrected chi connectivity index (χ2v) is 6.38. The van der Waals surface area contributed by atoms with Crippen LogP contribution in [-0.2, 0) is 11.8 Å². The molecule has 3 rings (SSSR count). The van der Waals surface area contributed by atoms with Crippen molar-refractivity contribution in [3.8, 4) is 0 Å². The molecule has 2 amide bonds. The predicted octanol–water partition coefficient (Wildman–Crippen LogP) is 1.50. The van der Waals surface area contributed by atoms with E-state index in [-0.39, 0.29) is 5.69 Å². The minimum absolute atomic E-state index is 0.146. The van der Waals surface area contributed by atoms with Gasteiger partial charge in [-0.05, 0) is 25.1 Å². The molecule has 1 aliphatic rings. The van der Waals surface area contributed by atoms with E-state index in [4.69, 9.17) is 16.3 Å². The van der Waals surface area contributed by atoms with Gasteiger partial charge in [0.2, 0.25) is 5.43 Å². The van der Waals surface area contributed by atoms with Gasteiger partial charge in [-0.1, -0.05) is 11.6 Å². The molecule has 1 aromatic carbocycles. The van der Waals surface area contributed by atoms with E-state index in [1.54, 1.807) is 31.0 Å². The summed E-state index contributed by atoms with van der Waals surface area (Å²) in [6.07, 6.45) is -0.394. The molecule has 0 saturated carbocycles. The van der Waals surface area contributed by atoms with Crippen LogP contribution in [-0.4, -0.2) is 64.4 Å². The van der Waals surface area contributed by atoms with Crippen LogP contribution in [0.3, 0.4) is 0 Å². The van der Waals surface area contributed by atoms with Crippen molar-refractivity contribution in [2.24, 2.45) is 7.05 Å². The Morgan fingerprint density at radius 1 is 1.19 bits per heavy atom. The first-order chi connectivity index (χ1) is 12.4. The van der Waals surface area contributed by atoms with E-state index in [1.807, 2.05) is 0 Å². The number of aromatic nitrogens is 2. The molecule has 1 aliphatic heterocycles. The number of fused-ring (bicyclic) bond motifs is 1. The van der Waals surface area contributed by atoms with Crippen molar-refractivity contribution >= 4 is 34.5 Å². The van der Waals surface area contributed by atoms with Gasteiger partial charge in [0.1, 0.15) is 0 Å². The number of benzene rings is 1. The molecule has 1 saturated heterocycles. The first-order valence-electron chi connectivity index (χ1n) is 8.30. The Labute approximate surface area is 154 Å². The van der Waals surface area contributed by atoms with Crippen LogP contribution in [0.25, 0.3) is 10.9 Å². The lowest BCUT2D eigenvalue weighted by atomic mass is 10.2. The number of carbonyl (C=O) groups is 2. The molecule has 0 unspecified atom stereocenters. The minimum Gasteiger partial charge on any atom is -0.450 e. The summed E-state index contributed by atoms with van der Waals surface area (Å²) in [4.78, 5) is 40.3. The van der Waals surface area contributed by atoms with Gasteiger partial charge in [-0.2, -0.15) is 5.10 Å². The molecule has 0 aliphatic carbocycles. The van der Waals surface area contributed by atoms with E-state index >= 15 is 0 Å². The van der Waals surface area contributed by atoms with E-state index in [1.165, 1.54) is 15.6 Å². The lowest BCUT2D eigenvalue weighted by molar-refractivity contribution is 0.0563. The maximum Gasteiger partial charge on any atom is 0.409 e. The van der Waals surface area contributed by atoms with Crippen LogP contribution in [0, 0.1) is 0 Å². The highest BCUT2D eigenvalue weighted by Gasteiger charge is 2.28. The predicted molar refractivity (Wildman–Crippen MR) is 96.5 cm³/mol. The van der Waals surface area contributed by atoms with Crippen LogP contribution < -0.4 is 5.43 Å². The summed E-state index contributed by atoms with van der Waals surface area (Å²) >= 11 is 5.98. The Bertz CT molecular complexity index is 919. The topological polar surface area (TPSA) is 84.7 Å². The third kappa shape index (κ3) is 3.37. The molecule has 9 heteroatoms. The number of aryl methyl sites for hydroxylation is 1. The lowest BCUT2D eigenvalue weighted by Crippen LogP contribution is -2.51. The van der Waals surface area contributed by atoms with E-state index in [0.717, 1.165) is 0 Å². The van der Waals surface area contributed by atoms with Crippen LogP contribution in [0.1, 0.15) is 17.4 Å². The van der Waals surface area contributed by atoms with Crippen molar-refractivity contribution in [2.45, 2.75) is 6.92 Å². The van der Waals surface area contributed by atoms with Gasteiger partial charge < -0.3 is 14.5 Å². The highest BCUT2D eigenvalue weighted by molar-refractivity contribution is 6.31. The summed E-state index contributed by atoms with van der Waals surface area (Å²) < 4.78 is 6.46. The third-order valence-corrected chi connectivity index (χ3v) is 4.55.